The lowest BCUT2D eigenvalue weighted by Gasteiger charge is -2.12. The van der Waals surface area contributed by atoms with Gasteiger partial charge in [0.25, 0.3) is 0 Å². The van der Waals surface area contributed by atoms with Crippen LogP contribution >= 0.6 is 0 Å². The van der Waals surface area contributed by atoms with Crippen LogP contribution in [0, 0.1) is 11.6 Å². The summed E-state index contributed by atoms with van der Waals surface area (Å²) in [6.07, 6.45) is -4.44. The lowest BCUT2D eigenvalue weighted by atomic mass is 10.1. The van der Waals surface area contributed by atoms with E-state index in [4.69, 9.17) is 5.73 Å². The Labute approximate surface area is 117 Å². The van der Waals surface area contributed by atoms with Gasteiger partial charge in [0.15, 0.2) is 5.82 Å². The summed E-state index contributed by atoms with van der Waals surface area (Å²) in [5.41, 5.74) is 4.66. The highest BCUT2D eigenvalue weighted by atomic mass is 19.4. The summed E-state index contributed by atoms with van der Waals surface area (Å²) >= 11 is 0. The maximum absolute atomic E-state index is 13.2. The van der Waals surface area contributed by atoms with Crippen molar-refractivity contribution >= 4 is 11.4 Å². The molecule has 0 fully saturated rings. The van der Waals surface area contributed by atoms with Crippen molar-refractivity contribution in [1.82, 2.24) is 0 Å². The van der Waals surface area contributed by atoms with Crippen LogP contribution in [0.1, 0.15) is 11.1 Å². The van der Waals surface area contributed by atoms with Crippen LogP contribution in [0.15, 0.2) is 36.4 Å². The summed E-state index contributed by atoms with van der Waals surface area (Å²) in [6.45, 7) is -0.0446. The van der Waals surface area contributed by atoms with E-state index in [1.54, 1.807) is 0 Å². The monoisotopic (exact) mass is 302 g/mol. The van der Waals surface area contributed by atoms with Crippen LogP contribution in [0.3, 0.4) is 0 Å². The topological polar surface area (TPSA) is 38.0 Å². The number of nitrogens with one attached hydrogen (secondary N) is 1. The molecule has 0 spiro atoms. The second-order valence-corrected chi connectivity index (χ2v) is 4.40. The minimum absolute atomic E-state index is 0.00934. The summed E-state index contributed by atoms with van der Waals surface area (Å²) in [6, 6.07) is 6.23. The number of alkyl halides is 3. The van der Waals surface area contributed by atoms with E-state index in [1.807, 2.05) is 0 Å². The van der Waals surface area contributed by atoms with Gasteiger partial charge in [-0.15, -0.1) is 0 Å². The summed E-state index contributed by atoms with van der Waals surface area (Å²) in [7, 11) is 0. The molecule has 2 rings (SSSR count). The predicted octanol–water partition coefficient (Wildman–Crippen LogP) is 4.18. The van der Waals surface area contributed by atoms with Crippen LogP contribution in [0.4, 0.5) is 33.3 Å². The van der Waals surface area contributed by atoms with Crippen molar-refractivity contribution in [3.8, 4) is 0 Å². The molecular weight excluding hydrogens is 291 g/mol. The fourth-order valence-electron chi connectivity index (χ4n) is 1.79. The van der Waals surface area contributed by atoms with E-state index in [9.17, 15) is 22.0 Å². The van der Waals surface area contributed by atoms with Crippen LogP contribution < -0.4 is 11.1 Å². The number of benzene rings is 2. The number of nitrogen functional groups attached to an aromatic ring is 1. The van der Waals surface area contributed by atoms with E-state index < -0.39 is 23.4 Å². The lowest BCUT2D eigenvalue weighted by molar-refractivity contribution is -0.137. The minimum Gasteiger partial charge on any atom is -0.395 e. The molecule has 2 aromatic carbocycles. The van der Waals surface area contributed by atoms with Gasteiger partial charge < -0.3 is 11.1 Å². The average molecular weight is 302 g/mol. The molecular formula is C14H11F5N2. The molecule has 0 aliphatic heterocycles. The number of rotatable bonds is 3. The maximum Gasteiger partial charge on any atom is 0.416 e. The molecule has 3 N–H and O–H groups in total. The molecule has 0 aliphatic carbocycles. The molecule has 0 bridgehead atoms. The van der Waals surface area contributed by atoms with Gasteiger partial charge in [0.05, 0.1) is 16.9 Å². The number of halogens is 5. The Hall–Kier alpha value is -2.31. The third kappa shape index (κ3) is 3.62. The fourth-order valence-corrected chi connectivity index (χ4v) is 1.79. The first kappa shape index (κ1) is 15.1. The zero-order chi connectivity index (χ0) is 15.6. The first-order valence-corrected chi connectivity index (χ1v) is 5.92. The van der Waals surface area contributed by atoms with Gasteiger partial charge in [-0.25, -0.2) is 8.78 Å². The third-order valence-electron chi connectivity index (χ3n) is 2.83. The van der Waals surface area contributed by atoms with E-state index in [-0.39, 0.29) is 17.9 Å². The van der Waals surface area contributed by atoms with Crippen LogP contribution in [0.25, 0.3) is 0 Å². The van der Waals surface area contributed by atoms with Gasteiger partial charge in [-0.05, 0) is 23.8 Å². The molecule has 0 unspecified atom stereocenters. The maximum atomic E-state index is 13.2. The minimum atomic E-state index is -4.44. The van der Waals surface area contributed by atoms with Crippen molar-refractivity contribution in [2.75, 3.05) is 11.1 Å². The van der Waals surface area contributed by atoms with Gasteiger partial charge in [-0.1, -0.05) is 12.1 Å². The Kier molecular flexibility index (Phi) is 4.02. The van der Waals surface area contributed by atoms with E-state index in [0.717, 1.165) is 18.2 Å². The summed E-state index contributed by atoms with van der Waals surface area (Å²) in [4.78, 5) is 0. The molecule has 2 aromatic rings. The highest BCUT2D eigenvalue weighted by Crippen LogP contribution is 2.30. The van der Waals surface area contributed by atoms with Crippen LogP contribution in [-0.2, 0) is 12.7 Å². The van der Waals surface area contributed by atoms with Crippen molar-refractivity contribution < 1.29 is 22.0 Å². The molecule has 0 aliphatic rings. The Morgan fingerprint density at radius 2 is 1.76 bits per heavy atom. The van der Waals surface area contributed by atoms with Gasteiger partial charge in [-0.3, -0.25) is 0 Å². The normalized spacial score (nSPS) is 11.5. The molecule has 0 radical (unpaired) electrons. The molecule has 21 heavy (non-hydrogen) atoms. The van der Waals surface area contributed by atoms with Gasteiger partial charge in [-0.2, -0.15) is 13.2 Å². The molecule has 7 heteroatoms. The quantitative estimate of drug-likeness (QED) is 0.659. The second kappa shape index (κ2) is 5.59. The van der Waals surface area contributed by atoms with Gasteiger partial charge in [0, 0.05) is 12.6 Å². The first-order valence-electron chi connectivity index (χ1n) is 5.92. The van der Waals surface area contributed by atoms with Crippen molar-refractivity contribution in [2.45, 2.75) is 12.7 Å². The molecule has 0 amide bonds. The van der Waals surface area contributed by atoms with Gasteiger partial charge in [0.2, 0.25) is 0 Å². The van der Waals surface area contributed by atoms with Crippen LogP contribution in [-0.4, -0.2) is 0 Å². The lowest BCUT2D eigenvalue weighted by Crippen LogP contribution is -2.08. The summed E-state index contributed by atoms with van der Waals surface area (Å²) in [5, 5.41) is 2.62. The molecule has 0 aromatic heterocycles. The van der Waals surface area contributed by atoms with Gasteiger partial charge in [0.1, 0.15) is 5.82 Å². The predicted molar refractivity (Wildman–Crippen MR) is 69.5 cm³/mol. The Morgan fingerprint density at radius 3 is 2.43 bits per heavy atom. The first-order chi connectivity index (χ1) is 9.77. The molecule has 0 saturated carbocycles. The Bertz CT molecular complexity index is 652. The van der Waals surface area contributed by atoms with Crippen molar-refractivity contribution in [3.05, 3.63) is 59.2 Å². The molecule has 0 saturated heterocycles. The third-order valence-corrected chi connectivity index (χ3v) is 2.83. The van der Waals surface area contributed by atoms with Crippen molar-refractivity contribution in [3.63, 3.8) is 0 Å². The molecule has 0 heterocycles. The summed E-state index contributed by atoms with van der Waals surface area (Å²) < 4.78 is 64.0. The van der Waals surface area contributed by atoms with Crippen molar-refractivity contribution in [1.29, 1.82) is 0 Å². The van der Waals surface area contributed by atoms with E-state index in [0.29, 0.717) is 11.6 Å². The van der Waals surface area contributed by atoms with Gasteiger partial charge >= 0.3 is 6.18 Å². The molecule has 112 valence electrons. The Morgan fingerprint density at radius 1 is 1.05 bits per heavy atom. The number of hydrogen-bond acceptors (Lipinski definition) is 2. The standard InChI is InChI=1S/C14H11F5N2/c15-10-5-11(16)13(20)12(6-10)21-7-8-2-1-3-9(4-8)14(17,18)19/h1-6,21H,7,20H2. The highest BCUT2D eigenvalue weighted by Gasteiger charge is 2.30. The number of hydrogen-bond donors (Lipinski definition) is 2. The van der Waals surface area contributed by atoms with Crippen LogP contribution in [0.2, 0.25) is 0 Å². The number of nitrogens with two attached hydrogens (primary N) is 1. The Balaban J connectivity index is 2.17. The van der Waals surface area contributed by atoms with Crippen molar-refractivity contribution in [2.24, 2.45) is 0 Å². The highest BCUT2D eigenvalue weighted by molar-refractivity contribution is 5.66. The zero-order valence-corrected chi connectivity index (χ0v) is 10.6. The zero-order valence-electron chi connectivity index (χ0n) is 10.6. The fraction of sp³-hybridized carbons (Fsp3) is 0.143. The second-order valence-electron chi connectivity index (χ2n) is 4.40. The molecule has 0 atom stereocenters. The van der Waals surface area contributed by atoms with E-state index in [1.165, 1.54) is 12.1 Å². The van der Waals surface area contributed by atoms with E-state index in [2.05, 4.69) is 5.32 Å². The number of anilines is 2. The summed E-state index contributed by atoms with van der Waals surface area (Å²) in [5.74, 6) is -1.75. The van der Waals surface area contributed by atoms with Crippen LogP contribution in [0.5, 0.6) is 0 Å². The van der Waals surface area contributed by atoms with E-state index >= 15 is 0 Å². The SMILES string of the molecule is Nc1c(F)cc(F)cc1NCc1cccc(C(F)(F)F)c1. The largest absolute Gasteiger partial charge is 0.416 e. The molecule has 2 nitrogen and oxygen atoms in total. The smallest absolute Gasteiger partial charge is 0.395 e. The average Bonchev–Trinajstić information content (AvgIpc) is 2.40.